The summed E-state index contributed by atoms with van der Waals surface area (Å²) in [5.41, 5.74) is 3.52. The molecule has 0 amide bonds. The number of aliphatic carboxylic acids is 1. The number of ether oxygens (including phenoxy) is 1. The lowest BCUT2D eigenvalue weighted by atomic mass is 10.1. The Kier molecular flexibility index (Phi) is 5.48. The van der Waals surface area contributed by atoms with Gasteiger partial charge in [0.25, 0.3) is 0 Å². The summed E-state index contributed by atoms with van der Waals surface area (Å²) in [5, 5.41) is 17.4. The first-order valence-corrected chi connectivity index (χ1v) is 10.9. The number of aliphatic imine (C=N–C) groups is 1. The molecule has 0 saturated heterocycles. The summed E-state index contributed by atoms with van der Waals surface area (Å²) in [5.74, 6) is 0.884. The van der Waals surface area contributed by atoms with Crippen molar-refractivity contribution in [1.82, 2.24) is 0 Å². The van der Waals surface area contributed by atoms with Gasteiger partial charge < -0.3 is 20.5 Å². The number of anilines is 2. The zero-order chi connectivity index (χ0) is 18.8. The van der Waals surface area contributed by atoms with Crippen LogP contribution in [0.5, 0.6) is 5.75 Å². The number of nitrogens with zero attached hydrogens (tertiary/aromatic N) is 1. The molecule has 146 valence electrons. The maximum atomic E-state index is 11.0. The molecule has 2 atom stereocenters. The lowest BCUT2D eigenvalue weighted by Gasteiger charge is -2.19. The van der Waals surface area contributed by atoms with Crippen LogP contribution in [0.3, 0.4) is 0 Å². The van der Waals surface area contributed by atoms with Crippen LogP contribution in [0.15, 0.2) is 17.1 Å². The van der Waals surface area contributed by atoms with E-state index in [0.717, 1.165) is 34.3 Å². The molecule has 7 heteroatoms. The second-order valence-electron chi connectivity index (χ2n) is 7.49. The minimum Gasteiger partial charge on any atom is -0.494 e. The number of carbonyl (C=O) groups is 1. The average molecular weight is 390 g/mol. The topological polar surface area (TPSA) is 83.0 Å². The molecule has 27 heavy (non-hydrogen) atoms. The van der Waals surface area contributed by atoms with E-state index in [2.05, 4.69) is 27.8 Å². The van der Waals surface area contributed by atoms with E-state index in [0.29, 0.717) is 12.6 Å². The largest absolute Gasteiger partial charge is 0.494 e. The number of carboxylic acids is 1. The van der Waals surface area contributed by atoms with Crippen molar-refractivity contribution in [3.8, 4) is 5.75 Å². The molecule has 3 N–H and O–H groups in total. The Morgan fingerprint density at radius 3 is 2.96 bits per heavy atom. The smallest absolute Gasteiger partial charge is 0.305 e. The van der Waals surface area contributed by atoms with Crippen LogP contribution in [-0.4, -0.2) is 46.6 Å². The Labute approximate surface area is 164 Å². The van der Waals surface area contributed by atoms with Gasteiger partial charge in [-0.25, -0.2) is 0 Å². The van der Waals surface area contributed by atoms with Crippen LogP contribution < -0.4 is 15.4 Å². The molecule has 6 nitrogen and oxygen atoms in total. The third-order valence-corrected chi connectivity index (χ3v) is 6.64. The fourth-order valence-corrected chi connectivity index (χ4v) is 5.31. The first kappa shape index (κ1) is 18.5. The Bertz CT molecular complexity index is 746. The monoisotopic (exact) mass is 389 g/mol. The molecule has 1 fully saturated rings. The van der Waals surface area contributed by atoms with Gasteiger partial charge in [-0.3, -0.25) is 9.79 Å². The minimum atomic E-state index is -0.780. The highest BCUT2D eigenvalue weighted by Crippen LogP contribution is 2.40. The van der Waals surface area contributed by atoms with E-state index in [9.17, 15) is 4.79 Å². The van der Waals surface area contributed by atoms with Crippen molar-refractivity contribution in [2.24, 2.45) is 4.99 Å². The van der Waals surface area contributed by atoms with Crippen LogP contribution in [0.2, 0.25) is 0 Å². The number of hydrogen-bond acceptors (Lipinski definition) is 6. The summed E-state index contributed by atoms with van der Waals surface area (Å²) in [7, 11) is 0. The fraction of sp³-hybridized carbons (Fsp3) is 0.600. The molecule has 3 aliphatic rings. The van der Waals surface area contributed by atoms with Gasteiger partial charge in [-0.1, -0.05) is 12.8 Å². The number of benzene rings is 1. The van der Waals surface area contributed by atoms with Gasteiger partial charge in [-0.15, -0.1) is 11.8 Å². The van der Waals surface area contributed by atoms with Gasteiger partial charge in [0.2, 0.25) is 0 Å². The Hall–Kier alpha value is -1.89. The van der Waals surface area contributed by atoms with E-state index in [1.807, 2.05) is 6.92 Å². The van der Waals surface area contributed by atoms with Gasteiger partial charge in [0.15, 0.2) is 0 Å². The van der Waals surface area contributed by atoms with Crippen LogP contribution >= 0.6 is 11.8 Å². The number of carboxylic acid groups (broad SMARTS) is 1. The molecule has 0 radical (unpaired) electrons. The zero-order valence-electron chi connectivity index (χ0n) is 15.7. The number of hydrogen-bond donors (Lipinski definition) is 3. The quantitative estimate of drug-likeness (QED) is 0.659. The van der Waals surface area contributed by atoms with E-state index in [1.165, 1.54) is 31.2 Å². The fourth-order valence-electron chi connectivity index (χ4n) is 4.19. The average Bonchev–Trinajstić information content (AvgIpc) is 3.34. The molecule has 1 unspecified atom stereocenters. The molecule has 0 spiro atoms. The third-order valence-electron chi connectivity index (χ3n) is 5.40. The van der Waals surface area contributed by atoms with Gasteiger partial charge in [-0.05, 0) is 31.4 Å². The van der Waals surface area contributed by atoms with Crippen molar-refractivity contribution < 1.29 is 14.6 Å². The van der Waals surface area contributed by atoms with Gasteiger partial charge >= 0.3 is 5.97 Å². The highest BCUT2D eigenvalue weighted by Gasteiger charge is 2.32. The molecule has 2 aliphatic heterocycles. The lowest BCUT2D eigenvalue weighted by Crippen LogP contribution is -2.24. The molecular formula is C20H27N3O3S. The second kappa shape index (κ2) is 8.00. The van der Waals surface area contributed by atoms with Crippen molar-refractivity contribution in [2.45, 2.75) is 63.6 Å². The number of rotatable bonds is 7. The predicted octanol–water partition coefficient (Wildman–Crippen LogP) is 3.77. The van der Waals surface area contributed by atoms with E-state index >= 15 is 0 Å². The van der Waals surface area contributed by atoms with Crippen molar-refractivity contribution in [2.75, 3.05) is 23.0 Å². The molecule has 4 rings (SSSR count). The molecule has 1 aromatic carbocycles. The van der Waals surface area contributed by atoms with Crippen LogP contribution in [0.4, 0.5) is 11.4 Å². The van der Waals surface area contributed by atoms with Crippen LogP contribution in [-0.2, 0) is 11.2 Å². The maximum absolute atomic E-state index is 11.0. The van der Waals surface area contributed by atoms with Crippen molar-refractivity contribution in [3.05, 3.63) is 17.7 Å². The summed E-state index contributed by atoms with van der Waals surface area (Å²) >= 11 is 1.69. The van der Waals surface area contributed by atoms with E-state index in [4.69, 9.17) is 9.84 Å². The van der Waals surface area contributed by atoms with Crippen molar-refractivity contribution in [1.29, 1.82) is 0 Å². The van der Waals surface area contributed by atoms with Crippen LogP contribution in [0, 0.1) is 0 Å². The van der Waals surface area contributed by atoms with Gasteiger partial charge in [-0.2, -0.15) is 0 Å². The summed E-state index contributed by atoms with van der Waals surface area (Å²) < 4.78 is 5.79. The number of thioether (sulfide) groups is 1. The lowest BCUT2D eigenvalue weighted by molar-refractivity contribution is -0.137. The zero-order valence-corrected chi connectivity index (χ0v) is 16.5. The van der Waals surface area contributed by atoms with Crippen molar-refractivity contribution >= 4 is 34.1 Å². The molecule has 0 bridgehead atoms. The van der Waals surface area contributed by atoms with E-state index < -0.39 is 5.97 Å². The van der Waals surface area contributed by atoms with Gasteiger partial charge in [0.05, 0.1) is 41.5 Å². The maximum Gasteiger partial charge on any atom is 0.305 e. The molecular weight excluding hydrogens is 362 g/mol. The molecule has 1 aromatic rings. The highest BCUT2D eigenvalue weighted by molar-refractivity contribution is 8.14. The highest BCUT2D eigenvalue weighted by atomic mass is 32.2. The van der Waals surface area contributed by atoms with Crippen LogP contribution in [0.1, 0.15) is 44.6 Å². The molecule has 1 saturated carbocycles. The molecule has 0 aromatic heterocycles. The Balaban J connectivity index is 1.53. The third kappa shape index (κ3) is 4.18. The number of fused-ring (bicyclic) bond motifs is 1. The van der Waals surface area contributed by atoms with Crippen molar-refractivity contribution in [3.63, 3.8) is 0 Å². The second-order valence-corrected chi connectivity index (χ2v) is 8.54. The summed E-state index contributed by atoms with van der Waals surface area (Å²) in [6.07, 6.45) is 5.99. The summed E-state index contributed by atoms with van der Waals surface area (Å²) in [6, 6.07) is 4.78. The predicted molar refractivity (Wildman–Crippen MR) is 111 cm³/mol. The standard InChI is InChI=1S/C20H27N3O3S/c1-2-26-15-7-12-8-17(20-22-14(11-27-20)9-18(24)25)23-19(12)16(10-15)21-13-5-3-4-6-13/h7,10,13-14,17,21,23H,2-6,8-9,11H2,1H3,(H,24,25)/t14-,17?/m1/s1. The van der Waals surface area contributed by atoms with E-state index in [-0.39, 0.29) is 18.5 Å². The summed E-state index contributed by atoms with van der Waals surface area (Å²) in [4.78, 5) is 15.6. The Morgan fingerprint density at radius 2 is 2.22 bits per heavy atom. The normalized spacial score (nSPS) is 24.4. The van der Waals surface area contributed by atoms with E-state index in [1.54, 1.807) is 11.8 Å². The van der Waals surface area contributed by atoms with Crippen LogP contribution in [0.25, 0.3) is 0 Å². The minimum absolute atomic E-state index is 0.108. The first-order valence-electron chi connectivity index (χ1n) is 9.87. The molecule has 2 heterocycles. The molecule has 1 aliphatic carbocycles. The summed E-state index contributed by atoms with van der Waals surface area (Å²) in [6.45, 7) is 2.66. The number of nitrogens with one attached hydrogen (secondary N) is 2. The first-order chi connectivity index (χ1) is 13.1. The van der Waals surface area contributed by atoms with Gasteiger partial charge in [0, 0.05) is 24.3 Å². The SMILES string of the molecule is CCOc1cc2c(c(NC3CCCC3)c1)NC(C1=N[C@H](CC(=O)O)CS1)C2. The van der Waals surface area contributed by atoms with Gasteiger partial charge in [0.1, 0.15) is 5.75 Å². The Morgan fingerprint density at radius 1 is 1.41 bits per heavy atom.